The Kier molecular flexibility index (Phi) is 8.31. The maximum absolute atomic E-state index is 11.9. The average Bonchev–Trinajstić information content (AvgIpc) is 2.62. The summed E-state index contributed by atoms with van der Waals surface area (Å²) < 4.78 is 0. The summed E-state index contributed by atoms with van der Waals surface area (Å²) in [6.45, 7) is 7.34. The van der Waals surface area contributed by atoms with Gasteiger partial charge < -0.3 is 9.80 Å². The lowest BCUT2D eigenvalue weighted by molar-refractivity contribution is -0.131. The molecule has 0 radical (unpaired) electrons. The molecule has 0 unspecified atom stereocenters. The van der Waals surface area contributed by atoms with Gasteiger partial charge in [-0.05, 0) is 24.0 Å². The Morgan fingerprint density at radius 3 is 1.58 bits per heavy atom. The van der Waals surface area contributed by atoms with E-state index in [1.54, 1.807) is 9.80 Å². The van der Waals surface area contributed by atoms with Crippen molar-refractivity contribution in [3.8, 4) is 12.1 Å². The molecular formula is C20H26N4O2. The van der Waals surface area contributed by atoms with Crippen molar-refractivity contribution in [1.29, 1.82) is 10.5 Å². The van der Waals surface area contributed by atoms with Crippen molar-refractivity contribution >= 4 is 11.8 Å². The Morgan fingerprint density at radius 1 is 0.923 bits per heavy atom. The van der Waals surface area contributed by atoms with Crippen LogP contribution >= 0.6 is 0 Å². The van der Waals surface area contributed by atoms with Crippen LogP contribution in [0.4, 0.5) is 0 Å². The lowest BCUT2D eigenvalue weighted by Gasteiger charge is -2.27. The molecule has 26 heavy (non-hydrogen) atoms. The third kappa shape index (κ3) is 5.60. The van der Waals surface area contributed by atoms with E-state index in [9.17, 15) is 20.1 Å². The van der Waals surface area contributed by atoms with Gasteiger partial charge in [0.25, 0.3) is 0 Å². The molecule has 2 amide bonds. The highest BCUT2D eigenvalue weighted by Crippen LogP contribution is 2.16. The van der Waals surface area contributed by atoms with Crippen LogP contribution in [0.5, 0.6) is 0 Å². The fourth-order valence-electron chi connectivity index (χ4n) is 2.86. The fourth-order valence-corrected chi connectivity index (χ4v) is 2.86. The van der Waals surface area contributed by atoms with Gasteiger partial charge >= 0.3 is 0 Å². The molecule has 0 saturated carbocycles. The quantitative estimate of drug-likeness (QED) is 0.718. The maximum Gasteiger partial charge on any atom is 0.220 e. The summed E-state index contributed by atoms with van der Waals surface area (Å²) in [7, 11) is 0. The molecule has 1 aromatic rings. The molecule has 138 valence electrons. The van der Waals surface area contributed by atoms with Crippen LogP contribution in [0.15, 0.2) is 24.3 Å². The van der Waals surface area contributed by atoms with Crippen LogP contribution in [0, 0.1) is 22.7 Å². The summed E-state index contributed by atoms with van der Waals surface area (Å²) in [6, 6.07) is 11.0. The summed E-state index contributed by atoms with van der Waals surface area (Å²) in [4.78, 5) is 26.9. The number of carbonyl (C=O) groups excluding carboxylic acids is 2. The molecule has 1 aromatic carbocycles. The van der Waals surface area contributed by atoms with E-state index < -0.39 is 12.1 Å². The first-order valence-electron chi connectivity index (χ1n) is 8.79. The Bertz CT molecular complexity index is 660. The van der Waals surface area contributed by atoms with Crippen molar-refractivity contribution in [2.45, 2.75) is 65.7 Å². The highest BCUT2D eigenvalue weighted by Gasteiger charge is 2.21. The van der Waals surface area contributed by atoms with E-state index in [-0.39, 0.29) is 11.8 Å². The van der Waals surface area contributed by atoms with Gasteiger partial charge in [-0.3, -0.25) is 9.59 Å². The molecule has 0 heterocycles. The van der Waals surface area contributed by atoms with E-state index in [1.165, 1.54) is 13.8 Å². The standard InChI is InChI=1S/C20H26N4O2/c1-5-19(11-21)23(15(3)25)13-17-8-7-9-18(10-17)14-24(16(4)26)20(6-2)12-22/h7-10,19-20H,5-6,13-14H2,1-4H3/t19-,20+. The van der Waals surface area contributed by atoms with Gasteiger partial charge in [0, 0.05) is 26.9 Å². The zero-order valence-electron chi connectivity index (χ0n) is 15.9. The number of nitriles is 2. The van der Waals surface area contributed by atoms with Crippen LogP contribution in [0.25, 0.3) is 0 Å². The number of hydrogen-bond acceptors (Lipinski definition) is 4. The molecule has 6 heteroatoms. The summed E-state index contributed by atoms with van der Waals surface area (Å²) in [5.41, 5.74) is 1.78. The number of amides is 2. The van der Waals surface area contributed by atoms with Crippen molar-refractivity contribution in [2.75, 3.05) is 0 Å². The second-order valence-corrected chi connectivity index (χ2v) is 6.22. The molecule has 0 bridgehead atoms. The molecule has 0 aromatic heterocycles. The molecule has 0 aliphatic rings. The summed E-state index contributed by atoms with van der Waals surface area (Å²) in [6.07, 6.45) is 1.13. The normalized spacial score (nSPS) is 12.4. The zero-order chi connectivity index (χ0) is 19.7. The number of benzene rings is 1. The molecule has 0 fully saturated rings. The van der Waals surface area contributed by atoms with Gasteiger partial charge in [-0.1, -0.05) is 38.1 Å². The largest absolute Gasteiger partial charge is 0.323 e. The summed E-state index contributed by atoms with van der Waals surface area (Å²) >= 11 is 0. The lowest BCUT2D eigenvalue weighted by Crippen LogP contribution is -2.37. The average molecular weight is 354 g/mol. The van der Waals surface area contributed by atoms with Gasteiger partial charge in [0.2, 0.25) is 11.8 Å². The monoisotopic (exact) mass is 354 g/mol. The Morgan fingerprint density at radius 2 is 1.31 bits per heavy atom. The molecule has 0 spiro atoms. The van der Waals surface area contributed by atoms with Crippen LogP contribution in [0.2, 0.25) is 0 Å². The number of nitrogens with zero attached hydrogens (tertiary/aromatic N) is 4. The topological polar surface area (TPSA) is 88.2 Å². The van der Waals surface area contributed by atoms with Crippen LogP contribution in [0.1, 0.15) is 51.7 Å². The second-order valence-electron chi connectivity index (χ2n) is 6.22. The summed E-state index contributed by atoms with van der Waals surface area (Å²) in [5, 5.41) is 18.5. The smallest absolute Gasteiger partial charge is 0.220 e. The van der Waals surface area contributed by atoms with E-state index in [1.807, 2.05) is 38.1 Å². The fraction of sp³-hybridized carbons (Fsp3) is 0.500. The van der Waals surface area contributed by atoms with Crippen molar-refractivity contribution in [2.24, 2.45) is 0 Å². The second kappa shape index (κ2) is 10.2. The van der Waals surface area contributed by atoms with E-state index in [0.717, 1.165) is 11.1 Å². The molecular weight excluding hydrogens is 328 g/mol. The number of rotatable bonds is 8. The predicted molar refractivity (Wildman–Crippen MR) is 98.3 cm³/mol. The SMILES string of the molecule is CC[C@@H](C#N)N(Cc1cccc(CN(C(C)=O)[C@@H](C#N)CC)c1)C(C)=O. The third-order valence-corrected chi connectivity index (χ3v) is 4.33. The van der Waals surface area contributed by atoms with Crippen LogP contribution < -0.4 is 0 Å². The summed E-state index contributed by atoms with van der Waals surface area (Å²) in [5.74, 6) is -0.297. The van der Waals surface area contributed by atoms with Crippen LogP contribution in [0.3, 0.4) is 0 Å². The van der Waals surface area contributed by atoms with Crippen molar-refractivity contribution in [1.82, 2.24) is 9.80 Å². The minimum Gasteiger partial charge on any atom is -0.323 e. The molecule has 6 nitrogen and oxygen atoms in total. The van der Waals surface area contributed by atoms with Crippen molar-refractivity contribution in [3.63, 3.8) is 0 Å². The first-order valence-corrected chi connectivity index (χ1v) is 8.79. The number of carbonyl (C=O) groups is 2. The first-order chi connectivity index (χ1) is 12.4. The van der Waals surface area contributed by atoms with Crippen molar-refractivity contribution in [3.05, 3.63) is 35.4 Å². The van der Waals surface area contributed by atoms with E-state index in [0.29, 0.717) is 25.9 Å². The molecule has 0 aliphatic carbocycles. The number of hydrogen-bond donors (Lipinski definition) is 0. The van der Waals surface area contributed by atoms with Crippen LogP contribution in [-0.4, -0.2) is 33.7 Å². The minimum absolute atomic E-state index is 0.148. The first kappa shape index (κ1) is 21.2. The Labute approximate surface area is 155 Å². The van der Waals surface area contributed by atoms with E-state index in [4.69, 9.17) is 0 Å². The Hall–Kier alpha value is -2.86. The van der Waals surface area contributed by atoms with Crippen molar-refractivity contribution < 1.29 is 9.59 Å². The van der Waals surface area contributed by atoms with Crippen LogP contribution in [-0.2, 0) is 22.7 Å². The predicted octanol–water partition coefficient (Wildman–Crippen LogP) is 2.99. The molecule has 0 aliphatic heterocycles. The zero-order valence-corrected chi connectivity index (χ0v) is 15.9. The Balaban J connectivity index is 3.03. The lowest BCUT2D eigenvalue weighted by atomic mass is 10.1. The van der Waals surface area contributed by atoms with Gasteiger partial charge in [0.1, 0.15) is 12.1 Å². The maximum atomic E-state index is 11.9. The van der Waals surface area contributed by atoms with Gasteiger partial charge in [-0.2, -0.15) is 10.5 Å². The molecule has 2 atom stereocenters. The third-order valence-electron chi connectivity index (χ3n) is 4.33. The minimum atomic E-state index is -0.465. The molecule has 0 saturated heterocycles. The van der Waals surface area contributed by atoms with E-state index in [2.05, 4.69) is 12.1 Å². The molecule has 1 rings (SSSR count). The highest BCUT2D eigenvalue weighted by molar-refractivity contribution is 5.74. The van der Waals surface area contributed by atoms with Gasteiger partial charge in [-0.25, -0.2) is 0 Å². The van der Waals surface area contributed by atoms with Gasteiger partial charge in [0.05, 0.1) is 12.1 Å². The van der Waals surface area contributed by atoms with Gasteiger partial charge in [-0.15, -0.1) is 0 Å². The highest BCUT2D eigenvalue weighted by atomic mass is 16.2. The molecule has 0 N–H and O–H groups in total. The van der Waals surface area contributed by atoms with Gasteiger partial charge in [0.15, 0.2) is 0 Å². The van der Waals surface area contributed by atoms with E-state index >= 15 is 0 Å².